The molecule has 0 amide bonds. The average Bonchev–Trinajstić information content (AvgIpc) is 2.75. The van der Waals surface area contributed by atoms with Crippen molar-refractivity contribution in [1.82, 2.24) is 9.38 Å². The molecule has 0 saturated heterocycles. The molecule has 2 aromatic heterocycles. The molecule has 0 aliphatic carbocycles. The summed E-state index contributed by atoms with van der Waals surface area (Å²) < 4.78 is 19.7. The summed E-state index contributed by atoms with van der Waals surface area (Å²) in [5, 5.41) is 0. The first-order chi connectivity index (χ1) is 9.47. The Hall–Kier alpha value is -1.13. The largest absolute Gasteiger partial charge is 0.466 e. The maximum absolute atomic E-state index is 8.88. The molecule has 0 atom stereocenters. The summed E-state index contributed by atoms with van der Waals surface area (Å²) in [6.07, 6.45) is 5.69. The highest BCUT2D eigenvalue weighted by Gasteiger charge is 2.00. The minimum atomic E-state index is -4.64. The number of phosphoric acid groups is 2. The summed E-state index contributed by atoms with van der Waals surface area (Å²) in [6, 6.07) is 5.93. The lowest BCUT2D eigenvalue weighted by Crippen LogP contribution is -1.77. The van der Waals surface area contributed by atoms with Crippen molar-refractivity contribution in [3.8, 4) is 0 Å². The molecule has 13 heteroatoms. The average molecular weight is 362 g/mol. The van der Waals surface area contributed by atoms with Gasteiger partial charge in [-0.2, -0.15) is 0 Å². The van der Waals surface area contributed by atoms with Crippen molar-refractivity contribution in [3.63, 3.8) is 0 Å². The zero-order valence-electron chi connectivity index (χ0n) is 11.8. The molecule has 0 saturated carbocycles. The summed E-state index contributed by atoms with van der Waals surface area (Å²) >= 11 is 0. The van der Waals surface area contributed by atoms with E-state index in [1.54, 1.807) is 6.20 Å². The van der Waals surface area contributed by atoms with Crippen LogP contribution in [0.4, 0.5) is 0 Å². The molecule has 0 fully saturated rings. The Balaban J connectivity index is -0.000000245. The van der Waals surface area contributed by atoms with E-state index in [0.717, 1.165) is 5.65 Å². The molecule has 0 aromatic carbocycles. The molecule has 22 heavy (non-hydrogen) atoms. The molecule has 0 aliphatic rings. The fourth-order valence-electron chi connectivity index (χ4n) is 0.864. The smallest absolute Gasteiger partial charge is 0.412 e. The standard InChI is InChI=1S/C7H6N2.C2H6.2H3O4P.H2O/c1-2-5-9-6-4-8-7(9)3-1;1-2;2*1-5(2,3)4;/h1-6H;1-2H3;2*(H3,1,2,3,4);1H2. The molecule has 0 spiro atoms. The van der Waals surface area contributed by atoms with E-state index >= 15 is 0 Å². The summed E-state index contributed by atoms with van der Waals surface area (Å²) in [6.45, 7) is 4.00. The molecule has 0 unspecified atom stereocenters. The molecular weight excluding hydrogens is 342 g/mol. The summed E-state index contributed by atoms with van der Waals surface area (Å²) in [5.74, 6) is 0. The number of aromatic nitrogens is 2. The van der Waals surface area contributed by atoms with Crippen LogP contribution in [0.2, 0.25) is 0 Å². The SMILES string of the molecule is CC.O.O=P(O)(O)O.O=P(O)(O)O.c1ccn2ccnc2c1. The van der Waals surface area contributed by atoms with E-state index in [0.29, 0.717) is 0 Å². The molecule has 0 bridgehead atoms. The van der Waals surface area contributed by atoms with E-state index in [4.69, 9.17) is 38.5 Å². The van der Waals surface area contributed by atoms with Gasteiger partial charge in [-0.15, -0.1) is 0 Å². The van der Waals surface area contributed by atoms with Gasteiger partial charge < -0.3 is 39.2 Å². The van der Waals surface area contributed by atoms with Gasteiger partial charge in [-0.05, 0) is 12.1 Å². The maximum atomic E-state index is 8.88. The summed E-state index contributed by atoms with van der Waals surface area (Å²) in [5.41, 5.74) is 0.998. The van der Waals surface area contributed by atoms with Crippen LogP contribution in [-0.2, 0) is 9.13 Å². The van der Waals surface area contributed by atoms with Crippen LogP contribution in [0.3, 0.4) is 0 Å². The Morgan fingerprint density at radius 3 is 1.68 bits per heavy atom. The number of hydrogen-bond donors (Lipinski definition) is 6. The first-order valence-electron chi connectivity index (χ1n) is 5.41. The molecule has 2 aromatic rings. The number of fused-ring (bicyclic) bond motifs is 1. The van der Waals surface area contributed by atoms with Gasteiger partial charge in [0.15, 0.2) is 0 Å². The van der Waals surface area contributed by atoms with Gasteiger partial charge in [-0.1, -0.05) is 19.9 Å². The van der Waals surface area contributed by atoms with Gasteiger partial charge in [0.25, 0.3) is 0 Å². The first-order valence-corrected chi connectivity index (χ1v) is 8.54. The minimum Gasteiger partial charge on any atom is -0.412 e. The first kappa shape index (κ1) is 25.8. The lowest BCUT2D eigenvalue weighted by Gasteiger charge is -1.86. The normalized spacial score (nSPS) is 9.82. The molecule has 0 aliphatic heterocycles. The van der Waals surface area contributed by atoms with Crippen molar-refractivity contribution in [1.29, 1.82) is 0 Å². The Bertz CT molecular complexity index is 525. The lowest BCUT2D eigenvalue weighted by atomic mass is 10.5. The third kappa shape index (κ3) is 23.9. The molecular formula is C9H20N2O9P2. The van der Waals surface area contributed by atoms with E-state index in [2.05, 4.69) is 4.98 Å². The van der Waals surface area contributed by atoms with Gasteiger partial charge in [0, 0.05) is 18.6 Å². The maximum Gasteiger partial charge on any atom is 0.466 e. The predicted octanol–water partition coefficient (Wildman–Crippen LogP) is -0.321. The minimum absolute atomic E-state index is 0. The van der Waals surface area contributed by atoms with Crippen molar-refractivity contribution in [2.45, 2.75) is 13.8 Å². The summed E-state index contributed by atoms with van der Waals surface area (Å²) in [7, 11) is -9.28. The zero-order valence-corrected chi connectivity index (χ0v) is 13.5. The van der Waals surface area contributed by atoms with Crippen LogP contribution in [0.15, 0.2) is 36.8 Å². The van der Waals surface area contributed by atoms with Gasteiger partial charge in [0.2, 0.25) is 0 Å². The second kappa shape index (κ2) is 12.4. The van der Waals surface area contributed by atoms with E-state index in [1.165, 1.54) is 0 Å². The van der Waals surface area contributed by atoms with Gasteiger partial charge >= 0.3 is 15.6 Å². The Kier molecular flexibility index (Phi) is 14.6. The molecule has 0 radical (unpaired) electrons. The summed E-state index contributed by atoms with van der Waals surface area (Å²) in [4.78, 5) is 47.2. The van der Waals surface area contributed by atoms with Gasteiger partial charge in [-0.25, -0.2) is 14.1 Å². The van der Waals surface area contributed by atoms with Crippen LogP contribution in [0, 0.1) is 0 Å². The monoisotopic (exact) mass is 362 g/mol. The van der Waals surface area contributed by atoms with Crippen LogP contribution in [0.5, 0.6) is 0 Å². The number of nitrogens with zero attached hydrogens (tertiary/aromatic N) is 2. The van der Waals surface area contributed by atoms with Crippen LogP contribution in [0.25, 0.3) is 5.65 Å². The number of pyridine rings is 1. The van der Waals surface area contributed by atoms with Crippen molar-refractivity contribution >= 4 is 21.3 Å². The Morgan fingerprint density at radius 1 is 0.909 bits per heavy atom. The van der Waals surface area contributed by atoms with E-state index in [9.17, 15) is 0 Å². The van der Waals surface area contributed by atoms with E-state index in [-0.39, 0.29) is 5.48 Å². The zero-order chi connectivity index (χ0) is 17.1. The highest BCUT2D eigenvalue weighted by molar-refractivity contribution is 7.45. The molecule has 11 nitrogen and oxygen atoms in total. The molecule has 2 heterocycles. The number of imidazole rings is 1. The highest BCUT2D eigenvalue weighted by Crippen LogP contribution is 2.26. The van der Waals surface area contributed by atoms with Gasteiger partial charge in [0.05, 0.1) is 0 Å². The van der Waals surface area contributed by atoms with E-state index in [1.807, 2.05) is 48.8 Å². The van der Waals surface area contributed by atoms with Crippen LogP contribution in [-0.4, -0.2) is 44.2 Å². The third-order valence-electron chi connectivity index (χ3n) is 1.30. The fraction of sp³-hybridized carbons (Fsp3) is 0.222. The van der Waals surface area contributed by atoms with Crippen LogP contribution >= 0.6 is 15.6 Å². The van der Waals surface area contributed by atoms with Crippen LogP contribution in [0.1, 0.15) is 13.8 Å². The second-order valence-corrected chi connectivity index (χ2v) is 4.97. The molecule has 8 N–H and O–H groups in total. The molecule has 130 valence electrons. The highest BCUT2D eigenvalue weighted by atomic mass is 31.2. The van der Waals surface area contributed by atoms with Gasteiger partial charge in [-0.3, -0.25) is 0 Å². The lowest BCUT2D eigenvalue weighted by molar-refractivity contribution is 0.272. The molecule has 2 rings (SSSR count). The van der Waals surface area contributed by atoms with Crippen LogP contribution < -0.4 is 0 Å². The quantitative estimate of drug-likeness (QED) is 0.339. The third-order valence-corrected chi connectivity index (χ3v) is 1.30. The predicted molar refractivity (Wildman–Crippen MR) is 78.7 cm³/mol. The number of rotatable bonds is 0. The van der Waals surface area contributed by atoms with E-state index < -0.39 is 15.6 Å². The van der Waals surface area contributed by atoms with Crippen molar-refractivity contribution in [2.75, 3.05) is 0 Å². The number of hydrogen-bond acceptors (Lipinski definition) is 3. The van der Waals surface area contributed by atoms with Crippen molar-refractivity contribution in [2.24, 2.45) is 0 Å². The van der Waals surface area contributed by atoms with Gasteiger partial charge in [0.1, 0.15) is 5.65 Å². The van der Waals surface area contributed by atoms with Crippen molar-refractivity contribution < 1.29 is 44.0 Å². The fourth-order valence-corrected chi connectivity index (χ4v) is 0.864. The Labute approximate surface area is 126 Å². The Morgan fingerprint density at radius 2 is 1.32 bits per heavy atom. The van der Waals surface area contributed by atoms with Crippen molar-refractivity contribution in [3.05, 3.63) is 36.8 Å². The topological polar surface area (TPSA) is 204 Å². The second-order valence-electron chi connectivity index (χ2n) is 2.92.